The highest BCUT2D eigenvalue weighted by Crippen LogP contribution is 2.25. The van der Waals surface area contributed by atoms with Crippen LogP contribution in [0.2, 0.25) is 0 Å². The van der Waals surface area contributed by atoms with Gasteiger partial charge < -0.3 is 10.4 Å². The van der Waals surface area contributed by atoms with E-state index in [1.807, 2.05) is 20.8 Å². The number of amides is 1. The van der Waals surface area contributed by atoms with Crippen molar-refractivity contribution < 1.29 is 14.7 Å². The largest absolute Gasteiger partial charge is 0.481 e. The summed E-state index contributed by atoms with van der Waals surface area (Å²) in [5.41, 5.74) is 0.329. The minimum absolute atomic E-state index is 0.0474. The molecule has 0 radical (unpaired) electrons. The third-order valence-electron chi connectivity index (χ3n) is 2.55. The third kappa shape index (κ3) is 4.98. The van der Waals surface area contributed by atoms with Crippen molar-refractivity contribution in [3.05, 3.63) is 16.1 Å². The molecule has 1 aromatic rings. The summed E-state index contributed by atoms with van der Waals surface area (Å²) >= 11 is 1.46. The minimum atomic E-state index is -0.857. The van der Waals surface area contributed by atoms with Crippen molar-refractivity contribution in [3.63, 3.8) is 0 Å². The van der Waals surface area contributed by atoms with Gasteiger partial charge in [-0.1, -0.05) is 20.8 Å². The fourth-order valence-corrected chi connectivity index (χ4v) is 2.32. The van der Waals surface area contributed by atoms with Gasteiger partial charge in [0, 0.05) is 23.3 Å². The smallest absolute Gasteiger partial charge is 0.303 e. The summed E-state index contributed by atoms with van der Waals surface area (Å²) in [6, 6.07) is -0.177. The predicted molar refractivity (Wildman–Crippen MR) is 74.6 cm³/mol. The Bertz CT molecular complexity index is 463. The Kier molecular flexibility index (Phi) is 5.05. The first kappa shape index (κ1) is 15.6. The molecular weight excluding hydrogens is 264 g/mol. The Labute approximate surface area is 117 Å². The molecule has 1 aromatic heterocycles. The van der Waals surface area contributed by atoms with Gasteiger partial charge in [0.2, 0.25) is 0 Å². The van der Waals surface area contributed by atoms with E-state index in [1.54, 1.807) is 12.3 Å². The maximum Gasteiger partial charge on any atom is 0.303 e. The number of aromatic nitrogens is 1. The van der Waals surface area contributed by atoms with Crippen LogP contribution in [0.25, 0.3) is 0 Å². The van der Waals surface area contributed by atoms with Gasteiger partial charge in [0.15, 0.2) is 0 Å². The number of nitrogens with one attached hydrogen (secondary N) is 1. The number of hydrogen-bond donors (Lipinski definition) is 2. The van der Waals surface area contributed by atoms with Crippen molar-refractivity contribution in [1.29, 1.82) is 0 Å². The molecule has 0 aliphatic carbocycles. The summed E-state index contributed by atoms with van der Waals surface area (Å²) in [6.07, 6.45) is 0.461. The van der Waals surface area contributed by atoms with Crippen LogP contribution in [0.4, 0.5) is 0 Å². The van der Waals surface area contributed by atoms with E-state index in [4.69, 9.17) is 5.11 Å². The molecule has 1 amide bonds. The average molecular weight is 284 g/mol. The molecule has 1 atom stereocenters. The molecule has 1 heterocycles. The second kappa shape index (κ2) is 6.14. The van der Waals surface area contributed by atoms with Crippen LogP contribution < -0.4 is 5.32 Å². The SMILES string of the molecule is CC(CCC(=O)O)NC(=O)c1csc(C(C)(C)C)n1. The molecule has 0 fully saturated rings. The van der Waals surface area contributed by atoms with E-state index in [1.165, 1.54) is 11.3 Å². The number of carbonyl (C=O) groups excluding carboxylic acids is 1. The van der Waals surface area contributed by atoms with Gasteiger partial charge in [-0.25, -0.2) is 4.98 Å². The lowest BCUT2D eigenvalue weighted by Gasteiger charge is -2.14. The number of nitrogens with zero attached hydrogens (tertiary/aromatic N) is 1. The highest BCUT2D eigenvalue weighted by atomic mass is 32.1. The van der Waals surface area contributed by atoms with Crippen molar-refractivity contribution in [2.45, 2.75) is 52.0 Å². The summed E-state index contributed by atoms with van der Waals surface area (Å²) in [6.45, 7) is 7.92. The molecule has 0 aliphatic heterocycles. The molecule has 19 heavy (non-hydrogen) atoms. The van der Waals surface area contributed by atoms with Crippen LogP contribution in [0.5, 0.6) is 0 Å². The van der Waals surface area contributed by atoms with E-state index in [0.29, 0.717) is 12.1 Å². The zero-order chi connectivity index (χ0) is 14.6. The lowest BCUT2D eigenvalue weighted by atomic mass is 9.98. The maximum absolute atomic E-state index is 11.9. The number of carboxylic acids is 1. The number of carbonyl (C=O) groups is 2. The van der Waals surface area contributed by atoms with E-state index in [-0.39, 0.29) is 23.8 Å². The van der Waals surface area contributed by atoms with Gasteiger partial charge in [0.25, 0.3) is 5.91 Å². The highest BCUT2D eigenvalue weighted by Gasteiger charge is 2.21. The van der Waals surface area contributed by atoms with E-state index in [9.17, 15) is 9.59 Å². The molecule has 0 spiro atoms. The molecule has 106 valence electrons. The van der Waals surface area contributed by atoms with Crippen LogP contribution in [0.3, 0.4) is 0 Å². The second-order valence-corrected chi connectivity index (χ2v) is 6.45. The van der Waals surface area contributed by atoms with Gasteiger partial charge in [0.1, 0.15) is 5.69 Å². The number of rotatable bonds is 5. The average Bonchev–Trinajstić information content (AvgIpc) is 2.75. The van der Waals surface area contributed by atoms with Gasteiger partial charge in [-0.3, -0.25) is 9.59 Å². The van der Waals surface area contributed by atoms with Gasteiger partial charge >= 0.3 is 5.97 Å². The summed E-state index contributed by atoms with van der Waals surface area (Å²) < 4.78 is 0. The van der Waals surface area contributed by atoms with Crippen LogP contribution in [-0.2, 0) is 10.2 Å². The fourth-order valence-electron chi connectivity index (χ4n) is 1.43. The Balaban J connectivity index is 2.58. The number of carboxylic acid groups (broad SMARTS) is 1. The predicted octanol–water partition coefficient (Wildman–Crippen LogP) is 2.42. The molecule has 0 saturated carbocycles. The fraction of sp³-hybridized carbons (Fsp3) is 0.615. The lowest BCUT2D eigenvalue weighted by Crippen LogP contribution is -2.33. The minimum Gasteiger partial charge on any atom is -0.481 e. The van der Waals surface area contributed by atoms with Crippen LogP contribution in [0.1, 0.15) is 56.0 Å². The Morgan fingerprint density at radius 3 is 2.58 bits per heavy atom. The first-order chi connectivity index (χ1) is 8.70. The molecule has 5 nitrogen and oxygen atoms in total. The van der Waals surface area contributed by atoms with Crippen LogP contribution in [0.15, 0.2) is 5.38 Å². The third-order valence-corrected chi connectivity index (χ3v) is 3.82. The van der Waals surface area contributed by atoms with Crippen molar-refractivity contribution in [3.8, 4) is 0 Å². The second-order valence-electron chi connectivity index (χ2n) is 5.59. The Morgan fingerprint density at radius 2 is 2.11 bits per heavy atom. The highest BCUT2D eigenvalue weighted by molar-refractivity contribution is 7.10. The van der Waals surface area contributed by atoms with Crippen molar-refractivity contribution in [2.24, 2.45) is 0 Å². The van der Waals surface area contributed by atoms with E-state index >= 15 is 0 Å². The molecule has 0 saturated heterocycles. The zero-order valence-corrected chi connectivity index (χ0v) is 12.5. The Morgan fingerprint density at radius 1 is 1.47 bits per heavy atom. The summed E-state index contributed by atoms with van der Waals surface area (Å²) in [7, 11) is 0. The topological polar surface area (TPSA) is 79.3 Å². The molecule has 1 rings (SSSR count). The first-order valence-electron chi connectivity index (χ1n) is 6.19. The zero-order valence-electron chi connectivity index (χ0n) is 11.7. The molecule has 0 aliphatic rings. The van der Waals surface area contributed by atoms with Gasteiger partial charge in [0.05, 0.1) is 5.01 Å². The standard InChI is InChI=1S/C13H20N2O3S/c1-8(5-6-10(16)17)14-11(18)9-7-19-12(15-9)13(2,3)4/h7-8H,5-6H2,1-4H3,(H,14,18)(H,16,17). The van der Waals surface area contributed by atoms with Crippen LogP contribution in [-0.4, -0.2) is 28.0 Å². The Hall–Kier alpha value is -1.43. The van der Waals surface area contributed by atoms with Crippen LogP contribution in [0, 0.1) is 0 Å². The number of thiazole rings is 1. The van der Waals surface area contributed by atoms with Crippen molar-refractivity contribution >= 4 is 23.2 Å². The molecular formula is C13H20N2O3S. The van der Waals surface area contributed by atoms with E-state index in [0.717, 1.165) is 5.01 Å². The van der Waals surface area contributed by atoms with E-state index < -0.39 is 5.97 Å². The number of hydrogen-bond acceptors (Lipinski definition) is 4. The summed E-state index contributed by atoms with van der Waals surface area (Å²) in [5, 5.41) is 14.0. The summed E-state index contributed by atoms with van der Waals surface area (Å²) in [5.74, 6) is -1.10. The summed E-state index contributed by atoms with van der Waals surface area (Å²) in [4.78, 5) is 26.7. The van der Waals surface area contributed by atoms with Crippen molar-refractivity contribution in [1.82, 2.24) is 10.3 Å². The van der Waals surface area contributed by atoms with Gasteiger partial charge in [-0.2, -0.15) is 0 Å². The van der Waals surface area contributed by atoms with Crippen LogP contribution >= 0.6 is 11.3 Å². The molecule has 1 unspecified atom stereocenters. The van der Waals surface area contributed by atoms with Gasteiger partial charge in [-0.05, 0) is 13.3 Å². The maximum atomic E-state index is 11.9. The monoisotopic (exact) mass is 284 g/mol. The lowest BCUT2D eigenvalue weighted by molar-refractivity contribution is -0.137. The molecule has 0 aromatic carbocycles. The van der Waals surface area contributed by atoms with Crippen molar-refractivity contribution in [2.75, 3.05) is 0 Å². The number of aliphatic carboxylic acids is 1. The first-order valence-corrected chi connectivity index (χ1v) is 7.07. The molecule has 6 heteroatoms. The van der Waals surface area contributed by atoms with E-state index in [2.05, 4.69) is 10.3 Å². The quantitative estimate of drug-likeness (QED) is 0.870. The normalized spacial score (nSPS) is 13.1. The molecule has 0 bridgehead atoms. The van der Waals surface area contributed by atoms with Gasteiger partial charge in [-0.15, -0.1) is 11.3 Å². The molecule has 2 N–H and O–H groups in total.